The van der Waals surface area contributed by atoms with Gasteiger partial charge >= 0.3 is 6.03 Å². The van der Waals surface area contributed by atoms with E-state index in [0.717, 1.165) is 0 Å². The van der Waals surface area contributed by atoms with Gasteiger partial charge in [-0.1, -0.05) is 29.8 Å². The van der Waals surface area contributed by atoms with Crippen molar-refractivity contribution in [2.45, 2.75) is 33.4 Å². The summed E-state index contributed by atoms with van der Waals surface area (Å²) in [5.74, 6) is 0.564. The highest BCUT2D eigenvalue weighted by Crippen LogP contribution is 2.22. The molecule has 1 N–H and O–H groups in total. The van der Waals surface area contributed by atoms with Crippen LogP contribution in [-0.2, 0) is 6.54 Å². The second-order valence-corrected chi connectivity index (χ2v) is 6.88. The molecule has 0 aliphatic carbocycles. The fraction of sp³-hybridized carbons (Fsp3) is 0.286. The molecule has 0 aliphatic rings. The van der Waals surface area contributed by atoms with Crippen molar-refractivity contribution >= 4 is 34.2 Å². The summed E-state index contributed by atoms with van der Waals surface area (Å²) in [6.45, 7) is 6.60. The maximum atomic E-state index is 12.9. The lowest BCUT2D eigenvalue weighted by Gasteiger charge is -2.29. The van der Waals surface area contributed by atoms with E-state index in [1.54, 1.807) is 39.8 Å². The second kappa shape index (κ2) is 8.44. The molecule has 0 fully saturated rings. The predicted octanol–water partition coefficient (Wildman–Crippen LogP) is 4.68. The van der Waals surface area contributed by atoms with Gasteiger partial charge in [-0.05, 0) is 51.1 Å². The first kappa shape index (κ1) is 19.9. The number of carbonyl (C=O) groups excluding carboxylic acids is 1. The number of carbonyl (C=O) groups is 1. The van der Waals surface area contributed by atoms with Gasteiger partial charge in [-0.2, -0.15) is 0 Å². The first-order valence-electron chi connectivity index (χ1n) is 9.28. The number of benzene rings is 2. The molecule has 7 heteroatoms. The number of urea groups is 1. The summed E-state index contributed by atoms with van der Waals surface area (Å²) in [6.07, 6.45) is 0. The highest BCUT2D eigenvalue weighted by Gasteiger charge is 2.25. The number of anilines is 1. The van der Waals surface area contributed by atoms with Gasteiger partial charge in [0.25, 0.3) is 5.56 Å². The number of nitrogens with one attached hydrogen (secondary N) is 1. The van der Waals surface area contributed by atoms with Crippen molar-refractivity contribution in [2.75, 3.05) is 11.9 Å². The summed E-state index contributed by atoms with van der Waals surface area (Å²) >= 11 is 6.00. The lowest BCUT2D eigenvalue weighted by molar-refractivity contribution is 0.192. The Morgan fingerprint density at radius 1 is 1.21 bits per heavy atom. The van der Waals surface area contributed by atoms with Crippen LogP contribution in [-0.4, -0.2) is 27.0 Å². The molecule has 0 spiro atoms. The molecule has 1 atom stereocenters. The molecule has 0 saturated carbocycles. The van der Waals surface area contributed by atoms with E-state index in [-0.39, 0.29) is 17.6 Å². The molecular weight excluding hydrogens is 376 g/mol. The molecule has 1 unspecified atom stereocenters. The van der Waals surface area contributed by atoms with E-state index in [4.69, 9.17) is 16.6 Å². The number of hydrogen-bond donors (Lipinski definition) is 1. The molecule has 3 rings (SSSR count). The van der Waals surface area contributed by atoms with Crippen LogP contribution in [0, 0.1) is 0 Å². The molecule has 0 bridgehead atoms. The van der Waals surface area contributed by atoms with Crippen molar-refractivity contribution in [1.82, 2.24) is 14.5 Å². The van der Waals surface area contributed by atoms with E-state index in [0.29, 0.717) is 40.5 Å². The van der Waals surface area contributed by atoms with Crippen LogP contribution in [0.5, 0.6) is 0 Å². The minimum absolute atomic E-state index is 0.0961. The van der Waals surface area contributed by atoms with Gasteiger partial charge in [-0.3, -0.25) is 9.36 Å². The third-order valence-corrected chi connectivity index (χ3v) is 4.96. The number of aromatic nitrogens is 2. The van der Waals surface area contributed by atoms with Gasteiger partial charge in [0.1, 0.15) is 5.82 Å². The van der Waals surface area contributed by atoms with E-state index in [1.807, 2.05) is 39.0 Å². The highest BCUT2D eigenvalue weighted by molar-refractivity contribution is 6.30. The quantitative estimate of drug-likeness (QED) is 0.678. The average molecular weight is 399 g/mol. The summed E-state index contributed by atoms with van der Waals surface area (Å²) in [5.41, 5.74) is 1.15. The Balaban J connectivity index is 1.97. The van der Waals surface area contributed by atoms with Gasteiger partial charge in [-0.15, -0.1) is 0 Å². The Morgan fingerprint density at radius 3 is 2.64 bits per heavy atom. The van der Waals surface area contributed by atoms with Crippen molar-refractivity contribution in [1.29, 1.82) is 0 Å². The van der Waals surface area contributed by atoms with Crippen LogP contribution in [0.1, 0.15) is 32.6 Å². The third-order valence-electron chi connectivity index (χ3n) is 4.73. The van der Waals surface area contributed by atoms with Crippen LogP contribution in [0.2, 0.25) is 5.02 Å². The van der Waals surface area contributed by atoms with Gasteiger partial charge in [-0.25, -0.2) is 9.78 Å². The minimum atomic E-state index is -0.388. The number of amides is 2. The summed E-state index contributed by atoms with van der Waals surface area (Å²) in [6, 6.07) is 13.6. The standard InChI is InChI=1S/C21H23ClN4O2/c1-4-25(21(28)23-16-10-8-9-15(22)13-16)14(3)19-24-18-12-7-6-11-17(18)20(27)26(19)5-2/h6-14H,4-5H2,1-3H3,(H,23,28). The topological polar surface area (TPSA) is 67.2 Å². The van der Waals surface area contributed by atoms with Gasteiger partial charge in [0, 0.05) is 23.8 Å². The fourth-order valence-electron chi connectivity index (χ4n) is 3.30. The molecule has 3 aromatic rings. The number of halogens is 1. The van der Waals surface area contributed by atoms with Gasteiger partial charge in [0.05, 0.1) is 16.9 Å². The largest absolute Gasteiger partial charge is 0.322 e. The lowest BCUT2D eigenvalue weighted by atomic mass is 10.2. The number of rotatable bonds is 5. The minimum Gasteiger partial charge on any atom is -0.315 e. The van der Waals surface area contributed by atoms with Crippen LogP contribution >= 0.6 is 11.6 Å². The summed E-state index contributed by atoms with van der Waals surface area (Å²) in [5, 5.41) is 3.98. The normalized spacial score (nSPS) is 12.0. The highest BCUT2D eigenvalue weighted by atomic mass is 35.5. The van der Waals surface area contributed by atoms with Crippen LogP contribution < -0.4 is 10.9 Å². The molecule has 1 aromatic heterocycles. The van der Waals surface area contributed by atoms with Crippen LogP contribution in [0.25, 0.3) is 10.9 Å². The van der Waals surface area contributed by atoms with Crippen molar-refractivity contribution < 1.29 is 4.79 Å². The molecule has 0 saturated heterocycles. The monoisotopic (exact) mass is 398 g/mol. The molecule has 28 heavy (non-hydrogen) atoms. The summed E-state index contributed by atoms with van der Waals surface area (Å²) in [4.78, 5) is 32.1. The average Bonchev–Trinajstić information content (AvgIpc) is 2.68. The SMILES string of the molecule is CCN(C(=O)Nc1cccc(Cl)c1)C(C)c1nc2ccccc2c(=O)n1CC. The number of para-hydroxylation sites is 1. The first-order valence-corrected chi connectivity index (χ1v) is 9.66. The van der Waals surface area contributed by atoms with E-state index in [9.17, 15) is 9.59 Å². The van der Waals surface area contributed by atoms with Crippen molar-refractivity contribution in [3.05, 3.63) is 69.7 Å². The molecule has 6 nitrogen and oxygen atoms in total. The van der Waals surface area contributed by atoms with Crippen LogP contribution in [0.3, 0.4) is 0 Å². The molecule has 2 amide bonds. The molecule has 0 radical (unpaired) electrons. The number of nitrogens with zero attached hydrogens (tertiary/aromatic N) is 3. The van der Waals surface area contributed by atoms with E-state index >= 15 is 0 Å². The zero-order valence-electron chi connectivity index (χ0n) is 16.1. The van der Waals surface area contributed by atoms with Crippen molar-refractivity contribution in [3.8, 4) is 0 Å². The Hall–Kier alpha value is -2.86. The van der Waals surface area contributed by atoms with E-state index in [1.165, 1.54) is 0 Å². The summed E-state index contributed by atoms with van der Waals surface area (Å²) in [7, 11) is 0. The number of fused-ring (bicyclic) bond motifs is 1. The fourth-order valence-corrected chi connectivity index (χ4v) is 3.49. The third kappa shape index (κ3) is 3.87. The maximum absolute atomic E-state index is 12.9. The summed E-state index contributed by atoms with van der Waals surface area (Å²) < 4.78 is 1.63. The Labute approximate surface area is 168 Å². The zero-order valence-corrected chi connectivity index (χ0v) is 16.9. The Morgan fingerprint density at radius 2 is 1.96 bits per heavy atom. The second-order valence-electron chi connectivity index (χ2n) is 6.44. The van der Waals surface area contributed by atoms with Gasteiger partial charge in [0.2, 0.25) is 0 Å². The van der Waals surface area contributed by atoms with Crippen LogP contribution in [0.15, 0.2) is 53.3 Å². The first-order chi connectivity index (χ1) is 13.5. The molecule has 146 valence electrons. The van der Waals surface area contributed by atoms with E-state index in [2.05, 4.69) is 5.32 Å². The Bertz CT molecular complexity index is 1060. The van der Waals surface area contributed by atoms with Crippen molar-refractivity contribution in [2.24, 2.45) is 0 Å². The number of hydrogen-bond acceptors (Lipinski definition) is 3. The van der Waals surface area contributed by atoms with Gasteiger partial charge < -0.3 is 10.2 Å². The van der Waals surface area contributed by atoms with E-state index < -0.39 is 0 Å². The van der Waals surface area contributed by atoms with Gasteiger partial charge in [0.15, 0.2) is 0 Å². The molecule has 0 aliphatic heterocycles. The maximum Gasteiger partial charge on any atom is 0.322 e. The Kier molecular flexibility index (Phi) is 5.99. The predicted molar refractivity (Wildman–Crippen MR) is 113 cm³/mol. The zero-order chi connectivity index (χ0) is 20.3. The molecular formula is C21H23ClN4O2. The molecule has 2 aromatic carbocycles. The smallest absolute Gasteiger partial charge is 0.315 e. The van der Waals surface area contributed by atoms with Crippen molar-refractivity contribution in [3.63, 3.8) is 0 Å². The lowest BCUT2D eigenvalue weighted by Crippen LogP contribution is -2.40. The van der Waals surface area contributed by atoms with Crippen LogP contribution in [0.4, 0.5) is 10.5 Å². The molecule has 1 heterocycles.